The first-order valence-electron chi connectivity index (χ1n) is 10.4. The molecular formula is C28H34O6. The van der Waals surface area contributed by atoms with Crippen LogP contribution in [0, 0.1) is 20.8 Å². The molecule has 34 heavy (non-hydrogen) atoms. The highest BCUT2D eigenvalue weighted by Gasteiger charge is 2.04. The van der Waals surface area contributed by atoms with Gasteiger partial charge in [-0.1, -0.05) is 60.5 Å². The van der Waals surface area contributed by atoms with Crippen LogP contribution in [0.2, 0.25) is 0 Å². The minimum Gasteiger partial charge on any atom is -0.478 e. The lowest BCUT2D eigenvalue weighted by Gasteiger charge is -2.00. The van der Waals surface area contributed by atoms with Crippen LogP contribution in [0.4, 0.5) is 0 Å². The monoisotopic (exact) mass is 466 g/mol. The molecule has 6 heteroatoms. The number of aromatic carboxylic acids is 1. The summed E-state index contributed by atoms with van der Waals surface area (Å²) in [4.78, 5) is 32.3. The lowest BCUT2D eigenvalue weighted by molar-refractivity contribution is 0.0524. The summed E-state index contributed by atoms with van der Waals surface area (Å²) in [5, 5.41) is 8.48. The van der Waals surface area contributed by atoms with E-state index in [0.717, 1.165) is 16.7 Å². The van der Waals surface area contributed by atoms with Crippen molar-refractivity contribution in [3.63, 3.8) is 0 Å². The molecule has 0 spiro atoms. The van der Waals surface area contributed by atoms with Gasteiger partial charge in [0.05, 0.1) is 30.4 Å². The van der Waals surface area contributed by atoms with E-state index in [9.17, 15) is 14.4 Å². The summed E-state index contributed by atoms with van der Waals surface area (Å²) in [6.45, 7) is 8.10. The molecule has 182 valence electrons. The number of hydrogen-bond donors (Lipinski definition) is 1. The van der Waals surface area contributed by atoms with E-state index in [1.165, 1.54) is 7.11 Å². The Bertz CT molecular complexity index is 1020. The molecule has 0 unspecified atom stereocenters. The van der Waals surface area contributed by atoms with Crippen molar-refractivity contribution in [2.45, 2.75) is 35.1 Å². The molecule has 0 saturated heterocycles. The zero-order valence-corrected chi connectivity index (χ0v) is 19.6. The van der Waals surface area contributed by atoms with Crippen LogP contribution in [0.5, 0.6) is 0 Å². The van der Waals surface area contributed by atoms with E-state index in [0.29, 0.717) is 23.3 Å². The Hall–Kier alpha value is -3.93. The largest absolute Gasteiger partial charge is 0.478 e. The lowest BCUT2D eigenvalue weighted by Crippen LogP contribution is -2.03. The van der Waals surface area contributed by atoms with E-state index in [-0.39, 0.29) is 19.4 Å². The smallest absolute Gasteiger partial charge is 0.338 e. The third-order valence-electron chi connectivity index (χ3n) is 4.33. The molecule has 0 radical (unpaired) electrons. The molecule has 3 aromatic carbocycles. The standard InChI is InChI=1S/C10H12O2.C9H10O2.C8H8O2.CH4/c1-3-12-10(11)9-6-4-8(2)5-7-9;1-7-3-5-8(6-4-7)9(10)11-2;1-6-2-4-7(5-3-6)8(9)10;/h4-7H,3H2,1-2H3;3-6H,1-2H3;2-5H,1H3,(H,9,10);1H4. The number of ether oxygens (including phenoxy) is 2. The van der Waals surface area contributed by atoms with Crippen molar-refractivity contribution in [3.05, 3.63) is 106 Å². The Morgan fingerprint density at radius 3 is 1.26 bits per heavy atom. The molecule has 0 heterocycles. The van der Waals surface area contributed by atoms with E-state index in [1.54, 1.807) is 55.5 Å². The highest BCUT2D eigenvalue weighted by molar-refractivity contribution is 5.89. The summed E-state index contributed by atoms with van der Waals surface area (Å²) in [5.41, 5.74) is 4.90. The number of hydrogen-bond acceptors (Lipinski definition) is 5. The second-order valence-corrected chi connectivity index (χ2v) is 7.12. The number of aryl methyl sites for hydroxylation is 3. The third kappa shape index (κ3) is 11.1. The summed E-state index contributed by atoms with van der Waals surface area (Å²) in [7, 11) is 1.38. The van der Waals surface area contributed by atoms with Crippen LogP contribution in [0.15, 0.2) is 72.8 Å². The van der Waals surface area contributed by atoms with Gasteiger partial charge in [0.25, 0.3) is 0 Å². The Morgan fingerprint density at radius 2 is 0.971 bits per heavy atom. The van der Waals surface area contributed by atoms with Gasteiger partial charge in [-0.15, -0.1) is 0 Å². The second-order valence-electron chi connectivity index (χ2n) is 7.12. The van der Waals surface area contributed by atoms with Crippen molar-refractivity contribution in [2.24, 2.45) is 0 Å². The van der Waals surface area contributed by atoms with Gasteiger partial charge in [-0.3, -0.25) is 0 Å². The number of carboxylic acids is 1. The molecule has 0 aromatic heterocycles. The summed E-state index contributed by atoms with van der Waals surface area (Å²) in [5.74, 6) is -1.41. The molecule has 0 amide bonds. The highest BCUT2D eigenvalue weighted by atomic mass is 16.5. The maximum atomic E-state index is 11.1. The fraction of sp³-hybridized carbons (Fsp3) is 0.250. The van der Waals surface area contributed by atoms with E-state index >= 15 is 0 Å². The van der Waals surface area contributed by atoms with E-state index in [1.807, 2.05) is 45.0 Å². The van der Waals surface area contributed by atoms with Gasteiger partial charge in [0.15, 0.2) is 0 Å². The zero-order valence-electron chi connectivity index (χ0n) is 19.6. The van der Waals surface area contributed by atoms with Crippen LogP contribution >= 0.6 is 0 Å². The number of carboxylic acid groups (broad SMARTS) is 1. The average molecular weight is 467 g/mol. The van der Waals surface area contributed by atoms with Gasteiger partial charge in [-0.05, 0) is 64.1 Å². The molecular weight excluding hydrogens is 432 g/mol. The number of benzene rings is 3. The Morgan fingerprint density at radius 1 is 0.647 bits per heavy atom. The molecule has 0 bridgehead atoms. The summed E-state index contributed by atoms with van der Waals surface area (Å²) in [6, 6.07) is 21.3. The SMILES string of the molecule is C.CCOC(=O)c1ccc(C)cc1.COC(=O)c1ccc(C)cc1.Cc1ccc(C(=O)O)cc1. The zero-order chi connectivity index (χ0) is 24.8. The Kier molecular flexibility index (Phi) is 14.0. The maximum Gasteiger partial charge on any atom is 0.338 e. The van der Waals surface area contributed by atoms with E-state index in [2.05, 4.69) is 4.74 Å². The van der Waals surface area contributed by atoms with Crippen molar-refractivity contribution in [2.75, 3.05) is 13.7 Å². The number of esters is 2. The minimum atomic E-state index is -0.875. The van der Waals surface area contributed by atoms with Gasteiger partial charge in [-0.25, -0.2) is 14.4 Å². The first-order chi connectivity index (χ1) is 15.7. The first-order valence-corrected chi connectivity index (χ1v) is 10.4. The topological polar surface area (TPSA) is 89.9 Å². The second kappa shape index (κ2) is 15.8. The van der Waals surface area contributed by atoms with Gasteiger partial charge in [-0.2, -0.15) is 0 Å². The summed E-state index contributed by atoms with van der Waals surface area (Å²) >= 11 is 0. The van der Waals surface area contributed by atoms with Crippen LogP contribution in [0.25, 0.3) is 0 Å². The predicted octanol–water partition coefficient (Wildman–Crippen LogP) is 6.28. The fourth-order valence-electron chi connectivity index (χ4n) is 2.41. The van der Waals surface area contributed by atoms with E-state index in [4.69, 9.17) is 9.84 Å². The molecule has 1 N–H and O–H groups in total. The van der Waals surface area contributed by atoms with Crippen molar-refractivity contribution in [1.29, 1.82) is 0 Å². The first kappa shape index (κ1) is 30.1. The van der Waals surface area contributed by atoms with Crippen LogP contribution in [0.3, 0.4) is 0 Å². The fourth-order valence-corrected chi connectivity index (χ4v) is 2.41. The summed E-state index contributed by atoms with van der Waals surface area (Å²) in [6.07, 6.45) is 0. The van der Waals surface area contributed by atoms with Crippen LogP contribution in [-0.2, 0) is 9.47 Å². The van der Waals surface area contributed by atoms with Gasteiger partial charge < -0.3 is 14.6 Å². The van der Waals surface area contributed by atoms with E-state index < -0.39 is 5.97 Å². The Balaban J connectivity index is 0.000000475. The molecule has 0 aliphatic heterocycles. The van der Waals surface area contributed by atoms with Crippen LogP contribution in [-0.4, -0.2) is 36.7 Å². The quantitative estimate of drug-likeness (QED) is 0.455. The van der Waals surface area contributed by atoms with Gasteiger partial charge in [0.2, 0.25) is 0 Å². The average Bonchev–Trinajstić information content (AvgIpc) is 2.81. The van der Waals surface area contributed by atoms with Crippen LogP contribution in [0.1, 0.15) is 62.1 Å². The minimum absolute atomic E-state index is 0. The van der Waals surface area contributed by atoms with Gasteiger partial charge in [0, 0.05) is 0 Å². The highest BCUT2D eigenvalue weighted by Crippen LogP contribution is 2.05. The number of rotatable bonds is 4. The molecule has 0 saturated carbocycles. The van der Waals surface area contributed by atoms with Crippen molar-refractivity contribution >= 4 is 17.9 Å². The number of methoxy groups -OCH3 is 1. The lowest BCUT2D eigenvalue weighted by atomic mass is 10.1. The summed E-state index contributed by atoms with van der Waals surface area (Å²) < 4.78 is 9.37. The number of carbonyl (C=O) groups is 3. The molecule has 0 aliphatic carbocycles. The van der Waals surface area contributed by atoms with Crippen molar-refractivity contribution < 1.29 is 29.0 Å². The van der Waals surface area contributed by atoms with Crippen molar-refractivity contribution in [1.82, 2.24) is 0 Å². The van der Waals surface area contributed by atoms with Crippen LogP contribution < -0.4 is 0 Å². The molecule has 3 aromatic rings. The molecule has 6 nitrogen and oxygen atoms in total. The van der Waals surface area contributed by atoms with Gasteiger partial charge >= 0.3 is 17.9 Å². The molecule has 3 rings (SSSR count). The Labute approximate surface area is 202 Å². The van der Waals surface area contributed by atoms with Gasteiger partial charge in [0.1, 0.15) is 0 Å². The molecule has 0 atom stereocenters. The predicted molar refractivity (Wildman–Crippen MR) is 135 cm³/mol. The number of carbonyl (C=O) groups excluding carboxylic acids is 2. The molecule has 0 aliphatic rings. The maximum absolute atomic E-state index is 11.1. The normalized spacial score (nSPS) is 9.09. The molecule has 0 fully saturated rings. The van der Waals surface area contributed by atoms with Crippen molar-refractivity contribution in [3.8, 4) is 0 Å². The third-order valence-corrected chi connectivity index (χ3v) is 4.33.